The summed E-state index contributed by atoms with van der Waals surface area (Å²) in [6, 6.07) is 3.36. The normalized spacial score (nSPS) is 19.5. The molecule has 1 fully saturated rings. The summed E-state index contributed by atoms with van der Waals surface area (Å²) in [5.41, 5.74) is 0.290. The molecule has 13 heteroatoms. The van der Waals surface area contributed by atoms with E-state index >= 15 is 0 Å². The first-order valence-electron chi connectivity index (χ1n) is 8.55. The minimum absolute atomic E-state index is 0.207. The number of rotatable bonds is 6. The van der Waals surface area contributed by atoms with Gasteiger partial charge in [0.15, 0.2) is 0 Å². The summed E-state index contributed by atoms with van der Waals surface area (Å²) in [7, 11) is -0.844. The third kappa shape index (κ3) is 4.00. The Labute approximate surface area is 174 Å². The van der Waals surface area contributed by atoms with E-state index in [1.165, 1.54) is 39.5 Å². The Morgan fingerprint density at radius 1 is 0.968 bits per heavy atom. The molecule has 2 aromatic carbocycles. The van der Waals surface area contributed by atoms with E-state index in [1.807, 2.05) is 0 Å². The van der Waals surface area contributed by atoms with Gasteiger partial charge in [0.1, 0.15) is 16.7 Å². The first-order chi connectivity index (χ1) is 14.5. The minimum atomic E-state index is -4.96. The molecule has 3 rings (SSSR count). The highest BCUT2D eigenvalue weighted by Crippen LogP contribution is 2.41. The second-order valence-corrected chi connectivity index (χ2v) is 8.17. The summed E-state index contributed by atoms with van der Waals surface area (Å²) in [6.07, 6.45) is 0. The zero-order valence-electron chi connectivity index (χ0n) is 16.3. The van der Waals surface area contributed by atoms with Gasteiger partial charge in [-0.05, 0) is 12.1 Å². The molecule has 1 aliphatic heterocycles. The molecule has 1 aliphatic rings. The molecule has 1 saturated heterocycles. The fraction of sp³-hybridized carbons (Fsp3) is 0.333. The molecular formula is C18H16F5NO6S. The van der Waals surface area contributed by atoms with Crippen LogP contribution in [0.3, 0.4) is 0 Å². The lowest BCUT2D eigenvalue weighted by atomic mass is 10.0. The predicted octanol–water partition coefficient (Wildman–Crippen LogP) is 3.09. The molecular weight excluding hydrogens is 453 g/mol. The maximum absolute atomic E-state index is 13.9. The molecule has 2 atom stereocenters. The average Bonchev–Trinajstić information content (AvgIpc) is 3.15. The summed E-state index contributed by atoms with van der Waals surface area (Å²) in [5, 5.41) is -0.455. The van der Waals surface area contributed by atoms with E-state index in [-0.39, 0.29) is 11.3 Å². The lowest BCUT2D eigenvalue weighted by Crippen LogP contribution is -2.34. The predicted molar refractivity (Wildman–Crippen MR) is 95.6 cm³/mol. The highest BCUT2D eigenvalue weighted by Gasteiger charge is 2.47. The molecule has 31 heavy (non-hydrogen) atoms. The quantitative estimate of drug-likeness (QED) is 0.279. The van der Waals surface area contributed by atoms with Crippen molar-refractivity contribution in [1.29, 1.82) is 0 Å². The lowest BCUT2D eigenvalue weighted by molar-refractivity contribution is -0.110. The van der Waals surface area contributed by atoms with Crippen LogP contribution in [0.25, 0.3) is 0 Å². The molecule has 0 aliphatic carbocycles. The highest BCUT2D eigenvalue weighted by atomic mass is 32.2. The van der Waals surface area contributed by atoms with Gasteiger partial charge in [0.05, 0.1) is 26.9 Å². The summed E-state index contributed by atoms with van der Waals surface area (Å²) in [4.78, 5) is 5.23. The Morgan fingerprint density at radius 2 is 1.55 bits per heavy atom. The lowest BCUT2D eigenvalue weighted by Gasteiger charge is -2.24. The first kappa shape index (κ1) is 23.0. The monoisotopic (exact) mass is 469 g/mol. The molecule has 170 valence electrons. The molecule has 0 amide bonds. The number of hydrogen-bond acceptors (Lipinski definition) is 7. The van der Waals surface area contributed by atoms with Crippen LogP contribution >= 0.6 is 0 Å². The topological polar surface area (TPSA) is 74.3 Å². The summed E-state index contributed by atoms with van der Waals surface area (Å²) in [5.74, 6) is -13.3. The van der Waals surface area contributed by atoms with Gasteiger partial charge in [0, 0.05) is 18.7 Å². The van der Waals surface area contributed by atoms with E-state index in [4.69, 9.17) is 14.3 Å². The van der Waals surface area contributed by atoms with Crippen molar-refractivity contribution in [3.8, 4) is 17.2 Å². The SMILES string of the molecule is COc1ccc(C2C(S(=O)(=O)Oc3c(F)c(F)c(F)c(F)c3F)CON2C)c(OC)c1. The second-order valence-electron chi connectivity index (χ2n) is 6.41. The van der Waals surface area contributed by atoms with E-state index in [9.17, 15) is 30.4 Å². The smallest absolute Gasteiger partial charge is 0.316 e. The maximum Gasteiger partial charge on any atom is 0.316 e. The van der Waals surface area contributed by atoms with Gasteiger partial charge in [-0.1, -0.05) is 0 Å². The van der Waals surface area contributed by atoms with Crippen LogP contribution in [0.1, 0.15) is 11.6 Å². The summed E-state index contributed by atoms with van der Waals surface area (Å²) >= 11 is 0. The number of hydroxylamine groups is 2. The largest absolute Gasteiger partial charge is 0.497 e. The molecule has 0 aromatic heterocycles. The molecule has 0 bridgehead atoms. The third-order valence-corrected chi connectivity index (χ3v) is 6.22. The van der Waals surface area contributed by atoms with Gasteiger partial charge >= 0.3 is 10.1 Å². The number of halogens is 5. The van der Waals surface area contributed by atoms with Gasteiger partial charge < -0.3 is 13.7 Å². The van der Waals surface area contributed by atoms with E-state index < -0.39 is 62.9 Å². The van der Waals surface area contributed by atoms with Gasteiger partial charge in [0.2, 0.25) is 34.8 Å². The van der Waals surface area contributed by atoms with Crippen LogP contribution < -0.4 is 13.7 Å². The fourth-order valence-corrected chi connectivity index (χ4v) is 4.50. The minimum Gasteiger partial charge on any atom is -0.497 e. The van der Waals surface area contributed by atoms with Crippen molar-refractivity contribution < 1.29 is 48.9 Å². The second kappa shape index (κ2) is 8.48. The van der Waals surface area contributed by atoms with Crippen LogP contribution in [0.2, 0.25) is 0 Å². The Balaban J connectivity index is 2.04. The Hall–Kier alpha value is -2.64. The van der Waals surface area contributed by atoms with E-state index in [0.29, 0.717) is 5.75 Å². The van der Waals surface area contributed by atoms with Crippen LogP contribution in [0.4, 0.5) is 22.0 Å². The Kier molecular flexibility index (Phi) is 6.30. The summed E-state index contributed by atoms with van der Waals surface area (Å²) in [6.45, 7) is -0.520. The molecule has 0 saturated carbocycles. The van der Waals surface area contributed by atoms with Crippen molar-refractivity contribution in [2.24, 2.45) is 0 Å². The van der Waals surface area contributed by atoms with Crippen molar-refractivity contribution in [1.82, 2.24) is 5.06 Å². The molecule has 0 spiro atoms. The number of hydrogen-bond donors (Lipinski definition) is 0. The third-order valence-electron chi connectivity index (χ3n) is 4.69. The van der Waals surface area contributed by atoms with Crippen LogP contribution in [0.15, 0.2) is 18.2 Å². The molecule has 2 unspecified atom stereocenters. The number of benzene rings is 2. The summed E-state index contributed by atoms with van der Waals surface area (Å²) < 4.78 is 108. The maximum atomic E-state index is 13.9. The zero-order chi connectivity index (χ0) is 23.1. The van der Waals surface area contributed by atoms with Crippen LogP contribution in [0, 0.1) is 29.1 Å². The van der Waals surface area contributed by atoms with Crippen LogP contribution in [-0.2, 0) is 15.0 Å². The van der Waals surface area contributed by atoms with Crippen molar-refractivity contribution in [3.05, 3.63) is 52.8 Å². The van der Waals surface area contributed by atoms with Gasteiger partial charge in [-0.2, -0.15) is 22.3 Å². The molecule has 2 aromatic rings. The van der Waals surface area contributed by atoms with E-state index in [1.54, 1.807) is 0 Å². The molecule has 7 nitrogen and oxygen atoms in total. The van der Waals surface area contributed by atoms with Gasteiger partial charge in [0.25, 0.3) is 0 Å². The number of ether oxygens (including phenoxy) is 2. The Bertz CT molecular complexity index is 1080. The number of methoxy groups -OCH3 is 2. The van der Waals surface area contributed by atoms with Gasteiger partial charge in [-0.15, -0.1) is 0 Å². The van der Waals surface area contributed by atoms with Crippen LogP contribution in [0.5, 0.6) is 17.2 Å². The standard InChI is InChI=1S/C18H16F5NO6S/c1-24-17(9-5-4-8(27-2)6-10(9)28-3)11(7-29-24)31(25,26)30-18-15(22)13(20)12(19)14(21)16(18)23/h4-6,11,17H,7H2,1-3H3. The Morgan fingerprint density at radius 3 is 2.10 bits per heavy atom. The molecule has 1 heterocycles. The van der Waals surface area contributed by atoms with Crippen molar-refractivity contribution in [2.75, 3.05) is 27.9 Å². The van der Waals surface area contributed by atoms with Crippen molar-refractivity contribution in [3.63, 3.8) is 0 Å². The van der Waals surface area contributed by atoms with Gasteiger partial charge in [-0.3, -0.25) is 4.84 Å². The van der Waals surface area contributed by atoms with Gasteiger partial charge in [-0.25, -0.2) is 13.2 Å². The van der Waals surface area contributed by atoms with Crippen LogP contribution in [-0.4, -0.2) is 46.6 Å². The van der Waals surface area contributed by atoms with E-state index in [0.717, 1.165) is 5.06 Å². The van der Waals surface area contributed by atoms with Crippen molar-refractivity contribution in [2.45, 2.75) is 11.3 Å². The van der Waals surface area contributed by atoms with Crippen molar-refractivity contribution >= 4 is 10.1 Å². The zero-order valence-corrected chi connectivity index (χ0v) is 17.1. The highest BCUT2D eigenvalue weighted by molar-refractivity contribution is 7.87. The fourth-order valence-electron chi connectivity index (χ4n) is 3.13. The first-order valence-corrected chi connectivity index (χ1v) is 10.0. The molecule has 0 radical (unpaired) electrons. The van der Waals surface area contributed by atoms with E-state index in [2.05, 4.69) is 4.18 Å². The molecule has 0 N–H and O–H groups in total. The number of nitrogens with zero attached hydrogens (tertiary/aromatic N) is 1. The average molecular weight is 469 g/mol.